The summed E-state index contributed by atoms with van der Waals surface area (Å²) in [6, 6.07) is 0.721. The van der Waals surface area contributed by atoms with Gasteiger partial charge in [0.05, 0.1) is 12.2 Å². The van der Waals surface area contributed by atoms with Crippen LogP contribution in [0.1, 0.15) is 38.5 Å². The average Bonchev–Trinajstić information content (AvgIpc) is 2.75. The maximum absolute atomic E-state index is 6.17. The summed E-state index contributed by atoms with van der Waals surface area (Å²) in [6.07, 6.45) is 7.94. The largest absolute Gasteiger partial charge is 0.373 e. The predicted octanol–water partition coefficient (Wildman–Crippen LogP) is 1.38. The van der Waals surface area contributed by atoms with Gasteiger partial charge >= 0.3 is 0 Å². The van der Waals surface area contributed by atoms with E-state index in [-0.39, 0.29) is 5.60 Å². The molecule has 92 valence electrons. The Labute approximate surface area is 98.5 Å². The van der Waals surface area contributed by atoms with Crippen LogP contribution in [0.5, 0.6) is 0 Å². The van der Waals surface area contributed by atoms with Crippen molar-refractivity contribution < 1.29 is 4.74 Å². The minimum Gasteiger partial charge on any atom is -0.373 e. The minimum absolute atomic E-state index is 0.243. The van der Waals surface area contributed by atoms with Crippen LogP contribution in [-0.2, 0) is 4.74 Å². The number of nitrogens with zero attached hydrogens (tertiary/aromatic N) is 1. The van der Waals surface area contributed by atoms with Crippen molar-refractivity contribution in [3.05, 3.63) is 0 Å². The van der Waals surface area contributed by atoms with E-state index in [0.29, 0.717) is 0 Å². The molecule has 3 heteroatoms. The lowest BCUT2D eigenvalue weighted by molar-refractivity contribution is -0.0203. The predicted molar refractivity (Wildman–Crippen MR) is 64.6 cm³/mol. The molecule has 0 saturated carbocycles. The molecule has 0 bridgehead atoms. The van der Waals surface area contributed by atoms with Gasteiger partial charge in [0.25, 0.3) is 0 Å². The van der Waals surface area contributed by atoms with Crippen LogP contribution in [0.4, 0.5) is 0 Å². The summed E-state index contributed by atoms with van der Waals surface area (Å²) < 4.78 is 6.17. The van der Waals surface area contributed by atoms with E-state index in [2.05, 4.69) is 10.2 Å². The van der Waals surface area contributed by atoms with Gasteiger partial charge in [-0.15, -0.1) is 0 Å². The number of rotatable bonds is 1. The van der Waals surface area contributed by atoms with E-state index >= 15 is 0 Å². The van der Waals surface area contributed by atoms with Gasteiger partial charge in [-0.2, -0.15) is 0 Å². The Morgan fingerprint density at radius 3 is 2.56 bits per heavy atom. The highest BCUT2D eigenvalue weighted by Gasteiger charge is 2.42. The first-order valence-corrected chi connectivity index (χ1v) is 6.97. The molecule has 3 fully saturated rings. The van der Waals surface area contributed by atoms with E-state index in [1.807, 2.05) is 0 Å². The van der Waals surface area contributed by atoms with Gasteiger partial charge in [-0.05, 0) is 58.3 Å². The smallest absolute Gasteiger partial charge is 0.0723 e. The molecular formula is C13H24N2O. The molecule has 1 unspecified atom stereocenters. The molecule has 3 rings (SSSR count). The second-order valence-corrected chi connectivity index (χ2v) is 5.70. The first-order chi connectivity index (χ1) is 7.88. The van der Waals surface area contributed by atoms with Crippen molar-refractivity contribution in [1.82, 2.24) is 10.2 Å². The maximum atomic E-state index is 6.17. The van der Waals surface area contributed by atoms with Gasteiger partial charge in [-0.25, -0.2) is 0 Å². The van der Waals surface area contributed by atoms with Gasteiger partial charge in [-0.1, -0.05) is 6.42 Å². The van der Waals surface area contributed by atoms with E-state index in [1.54, 1.807) is 0 Å². The Bertz CT molecular complexity index is 232. The zero-order valence-electron chi connectivity index (χ0n) is 10.2. The summed E-state index contributed by atoms with van der Waals surface area (Å²) in [7, 11) is 0. The number of piperidine rings is 2. The van der Waals surface area contributed by atoms with E-state index in [0.717, 1.165) is 25.7 Å². The molecule has 3 aliphatic rings. The average molecular weight is 224 g/mol. The van der Waals surface area contributed by atoms with Crippen molar-refractivity contribution in [3.63, 3.8) is 0 Å². The normalized spacial score (nSPS) is 35.6. The number of likely N-dealkylation sites (tertiary alicyclic amines) is 1. The fourth-order valence-corrected chi connectivity index (χ4v) is 3.57. The Kier molecular flexibility index (Phi) is 3.18. The maximum Gasteiger partial charge on any atom is 0.0723 e. The highest BCUT2D eigenvalue weighted by atomic mass is 16.5. The summed E-state index contributed by atoms with van der Waals surface area (Å²) in [6.45, 7) is 5.89. The Balaban J connectivity index is 1.58. The topological polar surface area (TPSA) is 24.5 Å². The van der Waals surface area contributed by atoms with Crippen molar-refractivity contribution in [1.29, 1.82) is 0 Å². The first kappa shape index (κ1) is 11.0. The zero-order valence-corrected chi connectivity index (χ0v) is 10.2. The van der Waals surface area contributed by atoms with Gasteiger partial charge in [0, 0.05) is 6.04 Å². The standard InChI is InChI=1S/C13H24N2O/c1-2-8-15(9-3-1)12-10-13(16-11-12)4-6-14-7-5-13/h12,14H,1-11H2. The van der Waals surface area contributed by atoms with Crippen LogP contribution in [0, 0.1) is 0 Å². The summed E-state index contributed by atoms with van der Waals surface area (Å²) in [5, 5.41) is 3.44. The van der Waals surface area contributed by atoms with Gasteiger partial charge in [-0.3, -0.25) is 4.90 Å². The van der Waals surface area contributed by atoms with Gasteiger partial charge in [0.1, 0.15) is 0 Å². The number of hydrogen-bond donors (Lipinski definition) is 1. The molecule has 3 heterocycles. The third-order valence-electron chi connectivity index (χ3n) is 4.61. The molecule has 1 atom stereocenters. The highest BCUT2D eigenvalue weighted by Crippen LogP contribution is 2.36. The fourth-order valence-electron chi connectivity index (χ4n) is 3.57. The van der Waals surface area contributed by atoms with Crippen LogP contribution >= 0.6 is 0 Å². The molecule has 3 saturated heterocycles. The van der Waals surface area contributed by atoms with Crippen LogP contribution in [0.25, 0.3) is 0 Å². The molecule has 3 aliphatic heterocycles. The monoisotopic (exact) mass is 224 g/mol. The van der Waals surface area contributed by atoms with Gasteiger partial charge in [0.2, 0.25) is 0 Å². The number of nitrogens with one attached hydrogen (secondary N) is 1. The molecule has 16 heavy (non-hydrogen) atoms. The van der Waals surface area contributed by atoms with Crippen molar-refractivity contribution in [2.45, 2.75) is 50.2 Å². The Hall–Kier alpha value is -0.120. The molecule has 1 spiro atoms. The van der Waals surface area contributed by atoms with E-state index in [9.17, 15) is 0 Å². The Morgan fingerprint density at radius 1 is 1.06 bits per heavy atom. The van der Waals surface area contributed by atoms with Crippen LogP contribution in [0.2, 0.25) is 0 Å². The van der Waals surface area contributed by atoms with Gasteiger partial charge in [0.15, 0.2) is 0 Å². The molecule has 0 aromatic rings. The lowest BCUT2D eigenvalue weighted by Crippen LogP contribution is -2.44. The zero-order chi connectivity index (χ0) is 10.8. The van der Waals surface area contributed by atoms with E-state index in [4.69, 9.17) is 4.74 Å². The molecule has 0 aromatic heterocycles. The van der Waals surface area contributed by atoms with Crippen molar-refractivity contribution >= 4 is 0 Å². The van der Waals surface area contributed by atoms with E-state index in [1.165, 1.54) is 51.6 Å². The third-order valence-corrected chi connectivity index (χ3v) is 4.61. The molecule has 3 nitrogen and oxygen atoms in total. The highest BCUT2D eigenvalue weighted by molar-refractivity contribution is 4.96. The SMILES string of the molecule is C1CCN(C2COC3(CCNCC3)C2)CC1. The van der Waals surface area contributed by atoms with Crippen molar-refractivity contribution in [3.8, 4) is 0 Å². The summed E-state index contributed by atoms with van der Waals surface area (Å²) in [4.78, 5) is 2.68. The number of hydrogen-bond acceptors (Lipinski definition) is 3. The summed E-state index contributed by atoms with van der Waals surface area (Å²) in [5.74, 6) is 0. The summed E-state index contributed by atoms with van der Waals surface area (Å²) >= 11 is 0. The quantitative estimate of drug-likeness (QED) is 0.728. The molecule has 0 amide bonds. The second kappa shape index (κ2) is 4.63. The number of ether oxygens (including phenoxy) is 1. The third kappa shape index (κ3) is 2.13. The van der Waals surface area contributed by atoms with Crippen molar-refractivity contribution in [2.24, 2.45) is 0 Å². The van der Waals surface area contributed by atoms with Crippen LogP contribution in [0.3, 0.4) is 0 Å². The molecular weight excluding hydrogens is 200 g/mol. The fraction of sp³-hybridized carbons (Fsp3) is 1.00. The van der Waals surface area contributed by atoms with Crippen LogP contribution in [0.15, 0.2) is 0 Å². The summed E-state index contributed by atoms with van der Waals surface area (Å²) in [5.41, 5.74) is 0.243. The lowest BCUT2D eigenvalue weighted by Gasteiger charge is -2.35. The first-order valence-electron chi connectivity index (χ1n) is 6.97. The van der Waals surface area contributed by atoms with Crippen LogP contribution < -0.4 is 5.32 Å². The Morgan fingerprint density at radius 2 is 1.81 bits per heavy atom. The molecule has 0 radical (unpaired) electrons. The van der Waals surface area contributed by atoms with Crippen LogP contribution in [-0.4, -0.2) is 49.3 Å². The molecule has 0 aromatic carbocycles. The van der Waals surface area contributed by atoms with Gasteiger partial charge < -0.3 is 10.1 Å². The lowest BCUT2D eigenvalue weighted by atomic mass is 9.87. The molecule has 1 N–H and O–H groups in total. The second-order valence-electron chi connectivity index (χ2n) is 5.70. The van der Waals surface area contributed by atoms with Crippen molar-refractivity contribution in [2.75, 3.05) is 32.8 Å². The minimum atomic E-state index is 0.243. The van der Waals surface area contributed by atoms with E-state index < -0.39 is 0 Å². The molecule has 0 aliphatic carbocycles.